The number of nitrogens with two attached hydrogens (primary N) is 1. The van der Waals surface area contributed by atoms with Crippen molar-refractivity contribution < 1.29 is 4.79 Å². The van der Waals surface area contributed by atoms with Gasteiger partial charge in [0.1, 0.15) is 5.00 Å². The number of carbonyl (C=O) groups is 1. The molecule has 1 aliphatic rings. The molecule has 1 amide bonds. The van der Waals surface area contributed by atoms with E-state index in [9.17, 15) is 4.79 Å². The minimum atomic E-state index is 0.0268. The summed E-state index contributed by atoms with van der Waals surface area (Å²) >= 11 is 1.40. The van der Waals surface area contributed by atoms with Crippen molar-refractivity contribution in [3.63, 3.8) is 0 Å². The normalized spacial score (nSPS) is 16.8. The molecule has 2 rings (SSSR count). The third-order valence-electron chi connectivity index (χ3n) is 3.51. The molecule has 1 fully saturated rings. The van der Waals surface area contributed by atoms with Crippen molar-refractivity contribution in [2.75, 3.05) is 11.1 Å². The monoisotopic (exact) mass is 281 g/mol. The fourth-order valence-corrected chi connectivity index (χ4v) is 3.44. The first-order valence-electron chi connectivity index (χ1n) is 7.12. The van der Waals surface area contributed by atoms with Crippen LogP contribution < -0.4 is 11.1 Å². The number of anilines is 2. The summed E-state index contributed by atoms with van der Waals surface area (Å²) in [7, 11) is 0. The van der Waals surface area contributed by atoms with Gasteiger partial charge in [0, 0.05) is 12.3 Å². The third-order valence-corrected chi connectivity index (χ3v) is 4.33. The number of amides is 1. The van der Waals surface area contributed by atoms with Crippen molar-refractivity contribution in [2.24, 2.45) is 5.92 Å². The molecule has 0 saturated heterocycles. The summed E-state index contributed by atoms with van der Waals surface area (Å²) in [4.78, 5) is 16.3. The highest BCUT2D eigenvalue weighted by Crippen LogP contribution is 2.38. The average molecular weight is 281 g/mol. The van der Waals surface area contributed by atoms with Gasteiger partial charge in [-0.05, 0) is 18.8 Å². The van der Waals surface area contributed by atoms with Gasteiger partial charge in [-0.25, -0.2) is 4.98 Å². The quantitative estimate of drug-likeness (QED) is 0.883. The van der Waals surface area contributed by atoms with Gasteiger partial charge >= 0.3 is 0 Å². The Morgan fingerprint density at radius 3 is 2.74 bits per heavy atom. The molecule has 0 aromatic carbocycles. The Bertz CT molecular complexity index is 436. The maximum Gasteiger partial charge on any atom is 0.226 e. The molecule has 1 saturated carbocycles. The van der Waals surface area contributed by atoms with E-state index in [1.165, 1.54) is 43.4 Å². The number of aromatic nitrogens is 1. The zero-order valence-corrected chi connectivity index (χ0v) is 12.6. The summed E-state index contributed by atoms with van der Waals surface area (Å²) in [5.41, 5.74) is 7.06. The van der Waals surface area contributed by atoms with E-state index in [2.05, 4.69) is 10.3 Å². The number of rotatable bonds is 4. The average Bonchev–Trinajstić information content (AvgIpc) is 2.70. The van der Waals surface area contributed by atoms with Crippen LogP contribution in [0.5, 0.6) is 0 Å². The Kier molecular flexibility index (Phi) is 4.80. The largest absolute Gasteiger partial charge is 0.389 e. The Labute approximate surface area is 118 Å². The molecule has 106 valence electrons. The van der Waals surface area contributed by atoms with E-state index in [1.807, 2.05) is 13.8 Å². The van der Waals surface area contributed by atoms with Gasteiger partial charge in [-0.15, -0.1) is 0 Å². The van der Waals surface area contributed by atoms with E-state index < -0.39 is 0 Å². The van der Waals surface area contributed by atoms with Crippen LogP contribution in [0.2, 0.25) is 0 Å². The van der Waals surface area contributed by atoms with E-state index in [-0.39, 0.29) is 5.91 Å². The number of hydrogen-bond acceptors (Lipinski definition) is 4. The van der Waals surface area contributed by atoms with Crippen LogP contribution in [-0.2, 0) is 4.79 Å². The minimum absolute atomic E-state index is 0.0268. The smallest absolute Gasteiger partial charge is 0.226 e. The third kappa shape index (κ3) is 3.93. The summed E-state index contributed by atoms with van der Waals surface area (Å²) in [5, 5.41) is 4.29. The first-order valence-corrected chi connectivity index (χ1v) is 7.94. The highest BCUT2D eigenvalue weighted by Gasteiger charge is 2.22. The van der Waals surface area contributed by atoms with Crippen LogP contribution in [0.3, 0.4) is 0 Å². The van der Waals surface area contributed by atoms with Crippen LogP contribution >= 0.6 is 11.3 Å². The zero-order chi connectivity index (χ0) is 13.8. The Balaban J connectivity index is 2.01. The molecule has 1 heterocycles. The summed E-state index contributed by atoms with van der Waals surface area (Å²) < 4.78 is 0. The molecule has 0 bridgehead atoms. The van der Waals surface area contributed by atoms with Gasteiger partial charge in [0.2, 0.25) is 5.91 Å². The van der Waals surface area contributed by atoms with Crippen molar-refractivity contribution in [1.82, 2.24) is 4.98 Å². The fourth-order valence-electron chi connectivity index (χ4n) is 2.61. The van der Waals surface area contributed by atoms with E-state index in [4.69, 9.17) is 5.73 Å². The SMILES string of the molecule is CC(C)CC(=O)Nc1nc(C2CCCCC2)c(N)s1. The van der Waals surface area contributed by atoms with Crippen molar-refractivity contribution in [1.29, 1.82) is 0 Å². The second kappa shape index (κ2) is 6.37. The molecule has 1 aromatic rings. The van der Waals surface area contributed by atoms with Crippen molar-refractivity contribution in [3.8, 4) is 0 Å². The minimum Gasteiger partial charge on any atom is -0.389 e. The van der Waals surface area contributed by atoms with Crippen LogP contribution in [-0.4, -0.2) is 10.9 Å². The molecule has 19 heavy (non-hydrogen) atoms. The molecular weight excluding hydrogens is 258 g/mol. The summed E-state index contributed by atoms with van der Waals surface area (Å²) in [6.07, 6.45) is 6.71. The maximum absolute atomic E-state index is 11.7. The lowest BCUT2D eigenvalue weighted by molar-refractivity contribution is -0.116. The lowest BCUT2D eigenvalue weighted by atomic mass is 9.87. The highest BCUT2D eigenvalue weighted by atomic mass is 32.1. The van der Waals surface area contributed by atoms with Gasteiger partial charge in [-0.3, -0.25) is 4.79 Å². The number of hydrogen-bond donors (Lipinski definition) is 2. The zero-order valence-electron chi connectivity index (χ0n) is 11.7. The van der Waals surface area contributed by atoms with E-state index in [1.54, 1.807) is 0 Å². The van der Waals surface area contributed by atoms with Crippen LogP contribution in [0.25, 0.3) is 0 Å². The lowest BCUT2D eigenvalue weighted by Crippen LogP contribution is -2.14. The Morgan fingerprint density at radius 1 is 1.42 bits per heavy atom. The van der Waals surface area contributed by atoms with Crippen LogP contribution in [0.15, 0.2) is 0 Å². The molecule has 5 heteroatoms. The van der Waals surface area contributed by atoms with Gasteiger partial charge < -0.3 is 11.1 Å². The van der Waals surface area contributed by atoms with Crippen molar-refractivity contribution in [3.05, 3.63) is 5.69 Å². The van der Waals surface area contributed by atoms with Gasteiger partial charge in [0.25, 0.3) is 0 Å². The first kappa shape index (κ1) is 14.3. The van der Waals surface area contributed by atoms with Crippen molar-refractivity contribution >= 4 is 27.4 Å². The molecule has 0 radical (unpaired) electrons. The molecule has 4 nitrogen and oxygen atoms in total. The standard InChI is InChI=1S/C14H23N3OS/c1-9(2)8-11(18)16-14-17-12(13(15)19-14)10-6-4-3-5-7-10/h9-10H,3-8,15H2,1-2H3,(H,16,17,18). The van der Waals surface area contributed by atoms with E-state index in [0.717, 1.165) is 10.7 Å². The van der Waals surface area contributed by atoms with Gasteiger partial charge in [-0.2, -0.15) is 0 Å². The second-order valence-corrected chi connectivity index (χ2v) is 6.78. The van der Waals surface area contributed by atoms with E-state index >= 15 is 0 Å². The number of thiazole rings is 1. The lowest BCUT2D eigenvalue weighted by Gasteiger charge is -2.20. The first-order chi connectivity index (χ1) is 9.06. The summed E-state index contributed by atoms with van der Waals surface area (Å²) in [6.45, 7) is 4.06. The Hall–Kier alpha value is -1.10. The molecule has 0 unspecified atom stereocenters. The predicted molar refractivity (Wildman–Crippen MR) is 80.4 cm³/mol. The number of nitrogen functional groups attached to an aromatic ring is 1. The molecule has 1 aliphatic carbocycles. The molecule has 0 spiro atoms. The van der Waals surface area contributed by atoms with Crippen LogP contribution in [0, 0.1) is 5.92 Å². The Morgan fingerprint density at radius 2 is 2.11 bits per heavy atom. The van der Waals surface area contributed by atoms with Crippen LogP contribution in [0.4, 0.5) is 10.1 Å². The van der Waals surface area contributed by atoms with Gasteiger partial charge in [-0.1, -0.05) is 44.4 Å². The number of carbonyl (C=O) groups excluding carboxylic acids is 1. The van der Waals surface area contributed by atoms with Crippen molar-refractivity contribution in [2.45, 2.75) is 58.3 Å². The molecule has 1 aromatic heterocycles. The maximum atomic E-state index is 11.7. The summed E-state index contributed by atoms with van der Waals surface area (Å²) in [6, 6.07) is 0. The number of nitrogens with one attached hydrogen (secondary N) is 1. The van der Waals surface area contributed by atoms with Gasteiger partial charge in [0.05, 0.1) is 5.69 Å². The van der Waals surface area contributed by atoms with E-state index in [0.29, 0.717) is 23.4 Å². The molecular formula is C14H23N3OS. The fraction of sp³-hybridized carbons (Fsp3) is 0.714. The van der Waals surface area contributed by atoms with Gasteiger partial charge in [0.15, 0.2) is 5.13 Å². The predicted octanol–water partition coefficient (Wildman–Crippen LogP) is 3.76. The molecule has 0 atom stereocenters. The topological polar surface area (TPSA) is 68.0 Å². The second-order valence-electron chi connectivity index (χ2n) is 5.75. The molecule has 0 aliphatic heterocycles. The van der Waals surface area contributed by atoms with Crippen LogP contribution in [0.1, 0.15) is 64.0 Å². The molecule has 3 N–H and O–H groups in total. The summed E-state index contributed by atoms with van der Waals surface area (Å²) in [5.74, 6) is 0.870. The highest BCUT2D eigenvalue weighted by molar-refractivity contribution is 7.19. The number of nitrogens with zero attached hydrogens (tertiary/aromatic N) is 1.